The van der Waals surface area contributed by atoms with E-state index in [0.29, 0.717) is 22.0 Å². The highest BCUT2D eigenvalue weighted by atomic mass is 16.6. The van der Waals surface area contributed by atoms with Crippen LogP contribution >= 0.6 is 0 Å². The first-order valence-corrected chi connectivity index (χ1v) is 8.16. The molecule has 1 aromatic heterocycles. The number of rotatable bonds is 6. The highest BCUT2D eigenvalue weighted by Crippen LogP contribution is 2.24. The van der Waals surface area contributed by atoms with E-state index in [1.165, 1.54) is 18.3 Å². The van der Waals surface area contributed by atoms with E-state index in [1.807, 2.05) is 0 Å². The molecule has 3 rings (SSSR count). The van der Waals surface area contributed by atoms with Crippen LogP contribution in [0.3, 0.4) is 0 Å². The molecule has 0 aliphatic carbocycles. The molecule has 2 N–H and O–H groups in total. The summed E-state index contributed by atoms with van der Waals surface area (Å²) in [6.07, 6.45) is 1.11. The Labute approximate surface area is 158 Å². The zero-order chi connectivity index (χ0) is 20.3. The number of carbonyl (C=O) groups is 3. The fourth-order valence-electron chi connectivity index (χ4n) is 2.51. The van der Waals surface area contributed by atoms with Crippen LogP contribution in [-0.4, -0.2) is 52.0 Å². The molecule has 11 heteroatoms. The van der Waals surface area contributed by atoms with Gasteiger partial charge in [0.25, 0.3) is 11.6 Å². The lowest BCUT2D eigenvalue weighted by Gasteiger charge is -2.11. The van der Waals surface area contributed by atoms with Gasteiger partial charge in [0.2, 0.25) is 5.91 Å². The van der Waals surface area contributed by atoms with Gasteiger partial charge in [-0.3, -0.25) is 19.7 Å². The fraction of sp³-hybridized carbons (Fsp3) is 0.176. The second kappa shape index (κ2) is 7.80. The van der Waals surface area contributed by atoms with Gasteiger partial charge in [-0.1, -0.05) is 0 Å². The Bertz CT molecular complexity index is 965. The maximum absolute atomic E-state index is 12.1. The molecule has 1 aliphatic rings. The molecule has 0 unspecified atom stereocenters. The van der Waals surface area contributed by atoms with Gasteiger partial charge in [-0.2, -0.15) is 10.0 Å². The minimum absolute atomic E-state index is 0.0248. The van der Waals surface area contributed by atoms with Gasteiger partial charge in [0, 0.05) is 30.7 Å². The monoisotopic (exact) mass is 385 g/mol. The molecule has 2 aromatic rings. The predicted molar refractivity (Wildman–Crippen MR) is 96.0 cm³/mol. The topological polar surface area (TPSA) is 152 Å². The lowest BCUT2D eigenvalue weighted by molar-refractivity contribution is -0.384. The molecule has 0 atom stereocenters. The van der Waals surface area contributed by atoms with Gasteiger partial charge in [-0.25, -0.2) is 9.80 Å². The largest absolute Gasteiger partial charge is 0.455 e. The first-order valence-electron chi connectivity index (χ1n) is 8.16. The van der Waals surface area contributed by atoms with Gasteiger partial charge in [0.1, 0.15) is 18.1 Å². The molecular weight excluding hydrogens is 370 g/mol. The molecule has 1 saturated heterocycles. The van der Waals surface area contributed by atoms with Crippen molar-refractivity contribution in [2.24, 2.45) is 10.8 Å². The summed E-state index contributed by atoms with van der Waals surface area (Å²) in [7, 11) is 0. The van der Waals surface area contributed by atoms with E-state index in [0.717, 1.165) is 5.01 Å². The van der Waals surface area contributed by atoms with E-state index in [9.17, 15) is 24.5 Å². The van der Waals surface area contributed by atoms with Crippen LogP contribution in [0.15, 0.2) is 45.9 Å². The Morgan fingerprint density at radius 2 is 1.96 bits per heavy atom. The number of nitro benzene ring substituents is 1. The van der Waals surface area contributed by atoms with Crippen molar-refractivity contribution in [3.05, 3.63) is 52.3 Å². The van der Waals surface area contributed by atoms with Crippen molar-refractivity contribution in [1.29, 1.82) is 0 Å². The number of imide groups is 3. The quantitative estimate of drug-likeness (QED) is 0.341. The molecule has 1 aromatic carbocycles. The number of hydrogen-bond donors (Lipinski definition) is 1. The average molecular weight is 385 g/mol. The maximum atomic E-state index is 12.1. The number of nitrogens with zero attached hydrogens (tertiary/aromatic N) is 4. The van der Waals surface area contributed by atoms with Gasteiger partial charge in [-0.15, -0.1) is 0 Å². The first-order chi connectivity index (χ1) is 13.4. The van der Waals surface area contributed by atoms with Crippen LogP contribution in [0.1, 0.15) is 12.2 Å². The number of urea groups is 1. The van der Waals surface area contributed by atoms with Crippen LogP contribution in [0.4, 0.5) is 10.5 Å². The second-order valence-corrected chi connectivity index (χ2v) is 5.75. The Kier molecular flexibility index (Phi) is 5.27. The average Bonchev–Trinajstić information content (AvgIpc) is 3.24. The number of amides is 4. The Morgan fingerprint density at radius 3 is 2.61 bits per heavy atom. The Hall–Kier alpha value is -3.86. The van der Waals surface area contributed by atoms with E-state index < -0.39 is 22.8 Å². The molecule has 4 amide bonds. The summed E-state index contributed by atoms with van der Waals surface area (Å²) in [5.41, 5.74) is 5.85. The molecule has 28 heavy (non-hydrogen) atoms. The van der Waals surface area contributed by atoms with Crippen molar-refractivity contribution in [1.82, 2.24) is 9.91 Å². The summed E-state index contributed by atoms with van der Waals surface area (Å²) in [6.45, 7) is -0.335. The van der Waals surface area contributed by atoms with Gasteiger partial charge in [-0.05, 0) is 24.3 Å². The molecule has 0 spiro atoms. The van der Waals surface area contributed by atoms with E-state index in [2.05, 4.69) is 5.10 Å². The van der Waals surface area contributed by atoms with Crippen LogP contribution < -0.4 is 5.73 Å². The summed E-state index contributed by atoms with van der Waals surface area (Å²) in [5, 5.41) is 15.4. The number of nitrogens with two attached hydrogens (primary N) is 1. The lowest BCUT2D eigenvalue weighted by Crippen LogP contribution is -2.38. The van der Waals surface area contributed by atoms with Crippen molar-refractivity contribution in [2.45, 2.75) is 6.42 Å². The molecule has 144 valence electrons. The van der Waals surface area contributed by atoms with Crippen LogP contribution in [-0.2, 0) is 9.59 Å². The van der Waals surface area contributed by atoms with Crippen LogP contribution in [0.25, 0.3) is 11.3 Å². The number of hydrogen-bond acceptors (Lipinski definition) is 8. The summed E-state index contributed by atoms with van der Waals surface area (Å²) in [5.74, 6) is -0.611. The molecular formula is C17H15N5O6. The van der Waals surface area contributed by atoms with Crippen LogP contribution in [0, 0.1) is 10.1 Å². The number of furan rings is 1. The highest BCUT2D eigenvalue weighted by molar-refractivity contribution is 6.15. The van der Waals surface area contributed by atoms with Crippen molar-refractivity contribution < 1.29 is 23.7 Å². The summed E-state index contributed by atoms with van der Waals surface area (Å²) in [4.78, 5) is 46.5. The molecule has 0 bridgehead atoms. The van der Waals surface area contributed by atoms with Gasteiger partial charge in [0.15, 0.2) is 0 Å². The summed E-state index contributed by atoms with van der Waals surface area (Å²) >= 11 is 0. The predicted octanol–water partition coefficient (Wildman–Crippen LogP) is 1.33. The fourth-order valence-corrected chi connectivity index (χ4v) is 2.51. The third-order valence-corrected chi connectivity index (χ3v) is 3.87. The van der Waals surface area contributed by atoms with Crippen LogP contribution in [0.2, 0.25) is 0 Å². The van der Waals surface area contributed by atoms with Gasteiger partial charge >= 0.3 is 6.03 Å². The molecule has 1 fully saturated rings. The molecule has 0 radical (unpaired) electrons. The molecule has 11 nitrogen and oxygen atoms in total. The summed E-state index contributed by atoms with van der Waals surface area (Å²) in [6, 6.07) is 8.17. The van der Waals surface area contributed by atoms with Crippen molar-refractivity contribution in [2.75, 3.05) is 13.1 Å². The smallest absolute Gasteiger partial charge is 0.354 e. The normalized spacial score (nSPS) is 14.3. The minimum atomic E-state index is -0.846. The maximum Gasteiger partial charge on any atom is 0.354 e. The third-order valence-electron chi connectivity index (χ3n) is 3.87. The SMILES string of the molecule is NCCC(=O)N1C(=O)CN(/N=C/c2ccc(-c3ccc([N+](=O)[O-])cc3)o2)C1=O. The number of carbonyl (C=O) groups excluding carboxylic acids is 3. The Balaban J connectivity index is 1.70. The first kappa shape index (κ1) is 18.9. The van der Waals surface area contributed by atoms with Crippen LogP contribution in [0.5, 0.6) is 0 Å². The number of non-ortho nitro benzene ring substituents is 1. The van der Waals surface area contributed by atoms with Crippen molar-refractivity contribution in [3.63, 3.8) is 0 Å². The second-order valence-electron chi connectivity index (χ2n) is 5.75. The van der Waals surface area contributed by atoms with Crippen molar-refractivity contribution >= 4 is 29.7 Å². The van der Waals surface area contributed by atoms with Crippen molar-refractivity contribution in [3.8, 4) is 11.3 Å². The summed E-state index contributed by atoms with van der Waals surface area (Å²) < 4.78 is 5.57. The van der Waals surface area contributed by atoms with E-state index >= 15 is 0 Å². The standard InChI is InChI=1S/C17H15N5O6/c18-8-7-15(23)21-16(24)10-20(17(21)25)19-9-13-5-6-14(28-13)11-1-3-12(4-2-11)22(26)27/h1-6,9H,7-8,10,18H2/b19-9+. The molecule has 1 aliphatic heterocycles. The number of hydrazone groups is 1. The third kappa shape index (κ3) is 3.78. The Morgan fingerprint density at radius 1 is 1.25 bits per heavy atom. The molecule has 0 saturated carbocycles. The highest BCUT2D eigenvalue weighted by Gasteiger charge is 2.40. The number of benzene rings is 1. The number of nitro groups is 1. The van der Waals surface area contributed by atoms with E-state index in [1.54, 1.807) is 24.3 Å². The minimum Gasteiger partial charge on any atom is -0.455 e. The zero-order valence-electron chi connectivity index (χ0n) is 14.5. The lowest BCUT2D eigenvalue weighted by atomic mass is 10.1. The van der Waals surface area contributed by atoms with Gasteiger partial charge in [0.05, 0.1) is 11.1 Å². The molecule has 2 heterocycles. The van der Waals surface area contributed by atoms with E-state index in [-0.39, 0.29) is 25.2 Å². The zero-order valence-corrected chi connectivity index (χ0v) is 14.5. The van der Waals surface area contributed by atoms with E-state index in [4.69, 9.17) is 10.2 Å². The van der Waals surface area contributed by atoms with Gasteiger partial charge < -0.3 is 10.2 Å².